The van der Waals surface area contributed by atoms with Gasteiger partial charge >= 0.3 is 38.1 Å². The Morgan fingerprint density at radius 1 is 1.50 bits per heavy atom. The third kappa shape index (κ3) is 5.21. The molecule has 0 heterocycles. The summed E-state index contributed by atoms with van der Waals surface area (Å²) in [5, 5.41) is 24.3. The fourth-order valence-corrected chi connectivity index (χ4v) is 0.307. The van der Waals surface area contributed by atoms with Crippen LogP contribution >= 0.6 is 0 Å². The minimum atomic E-state index is -2.26. The van der Waals surface area contributed by atoms with Gasteiger partial charge in [0.2, 0.25) is 0 Å². The van der Waals surface area contributed by atoms with E-state index in [1.807, 2.05) is 0 Å². The minimum Gasteiger partial charge on any atom is -1.00 e. The Labute approximate surface area is 82.4 Å². The molecule has 0 fully saturated rings. The third-order valence-electron chi connectivity index (χ3n) is 0.946. The molecule has 0 rings (SSSR count). The summed E-state index contributed by atoms with van der Waals surface area (Å²) in [4.78, 5) is 20.5. The summed E-state index contributed by atoms with van der Waals surface area (Å²) in [5.41, 5.74) is 0. The van der Waals surface area contributed by atoms with Gasteiger partial charge in [-0.25, -0.2) is 0 Å². The zero-order chi connectivity index (χ0) is 9.02. The number of hydrogen-bond donors (Lipinski definition) is 3. The first-order valence-corrected chi connectivity index (χ1v) is 2.74. The Morgan fingerprint density at radius 3 is 2.17 bits per heavy atom. The standard InChI is InChI=1S/C4H7BO6.Li.H/c1-2(3(6)7)4(8)11-5(9)10;;/h2,9-10H,1H3,(H,6,7);;/q;+1;-1. The van der Waals surface area contributed by atoms with Crippen molar-refractivity contribution in [3.05, 3.63) is 0 Å². The van der Waals surface area contributed by atoms with Crippen LogP contribution in [0.25, 0.3) is 0 Å². The predicted molar refractivity (Wildman–Crippen MR) is 34.2 cm³/mol. The molecule has 3 N–H and O–H groups in total. The van der Waals surface area contributed by atoms with E-state index in [1.165, 1.54) is 0 Å². The van der Waals surface area contributed by atoms with Crippen LogP contribution in [0.2, 0.25) is 0 Å². The Morgan fingerprint density at radius 2 is 1.92 bits per heavy atom. The van der Waals surface area contributed by atoms with E-state index in [1.54, 1.807) is 0 Å². The molecule has 0 spiro atoms. The molecule has 0 aliphatic heterocycles. The van der Waals surface area contributed by atoms with Crippen LogP contribution in [-0.4, -0.2) is 34.4 Å². The van der Waals surface area contributed by atoms with Crippen molar-refractivity contribution in [3.63, 3.8) is 0 Å². The molecule has 0 aromatic heterocycles. The third-order valence-corrected chi connectivity index (χ3v) is 0.946. The first-order chi connectivity index (χ1) is 4.95. The second-order valence-electron chi connectivity index (χ2n) is 1.82. The van der Waals surface area contributed by atoms with Crippen molar-refractivity contribution in [2.45, 2.75) is 6.92 Å². The zero-order valence-corrected chi connectivity index (χ0v) is 6.72. The van der Waals surface area contributed by atoms with E-state index < -0.39 is 25.2 Å². The average molecular weight is 170 g/mol. The van der Waals surface area contributed by atoms with Crippen LogP contribution in [0.15, 0.2) is 0 Å². The number of rotatable bonds is 3. The zero-order valence-electron chi connectivity index (χ0n) is 7.72. The van der Waals surface area contributed by atoms with E-state index in [0.717, 1.165) is 6.92 Å². The van der Waals surface area contributed by atoms with Gasteiger partial charge in [0.1, 0.15) is 5.92 Å². The van der Waals surface area contributed by atoms with Gasteiger partial charge in [0.25, 0.3) is 0 Å². The Balaban J connectivity index is -0.000000500. The summed E-state index contributed by atoms with van der Waals surface area (Å²) in [6.45, 7) is 1.08. The normalized spacial score (nSPS) is 10.9. The van der Waals surface area contributed by atoms with Crippen molar-refractivity contribution < 1.29 is 49.7 Å². The van der Waals surface area contributed by atoms with E-state index >= 15 is 0 Å². The van der Waals surface area contributed by atoms with Gasteiger partial charge < -0.3 is 21.2 Å². The monoisotopic (exact) mass is 170 g/mol. The summed E-state index contributed by atoms with van der Waals surface area (Å²) < 4.78 is 3.76. The fourth-order valence-electron chi connectivity index (χ4n) is 0.307. The molecule has 0 aliphatic rings. The fraction of sp³-hybridized carbons (Fsp3) is 0.500. The molecule has 0 bridgehead atoms. The average Bonchev–Trinajstić information content (AvgIpc) is 1.84. The Hall–Kier alpha value is -0.478. The molecule has 6 nitrogen and oxygen atoms in total. The molecular formula is C4H8BLiO6. The molecule has 0 saturated carbocycles. The second kappa shape index (κ2) is 6.08. The molecular weight excluding hydrogens is 162 g/mol. The number of carboxylic acids is 1. The van der Waals surface area contributed by atoms with E-state index in [2.05, 4.69) is 4.65 Å². The van der Waals surface area contributed by atoms with E-state index in [4.69, 9.17) is 15.2 Å². The van der Waals surface area contributed by atoms with Crippen molar-refractivity contribution in [2.75, 3.05) is 0 Å². The maximum atomic E-state index is 10.5. The molecule has 64 valence electrons. The molecule has 8 heteroatoms. The van der Waals surface area contributed by atoms with Crippen LogP contribution in [-0.2, 0) is 14.2 Å². The van der Waals surface area contributed by atoms with E-state index in [-0.39, 0.29) is 20.3 Å². The minimum absolute atomic E-state index is 0. The van der Waals surface area contributed by atoms with Gasteiger partial charge in [0.15, 0.2) is 0 Å². The molecule has 1 unspecified atom stereocenters. The number of carbonyl (C=O) groups is 2. The van der Waals surface area contributed by atoms with Crippen LogP contribution in [0.1, 0.15) is 8.35 Å². The molecule has 0 radical (unpaired) electrons. The summed E-state index contributed by atoms with van der Waals surface area (Å²) in [6, 6.07) is 0. The van der Waals surface area contributed by atoms with Gasteiger partial charge in [-0.3, -0.25) is 9.59 Å². The van der Waals surface area contributed by atoms with Crippen LogP contribution in [0.5, 0.6) is 0 Å². The quantitative estimate of drug-likeness (QED) is 0.290. The number of carbonyl (C=O) groups excluding carboxylic acids is 1. The molecule has 0 amide bonds. The molecule has 0 aliphatic carbocycles. The summed E-state index contributed by atoms with van der Waals surface area (Å²) >= 11 is 0. The second-order valence-corrected chi connectivity index (χ2v) is 1.82. The van der Waals surface area contributed by atoms with Gasteiger partial charge in [-0.2, -0.15) is 0 Å². The van der Waals surface area contributed by atoms with Gasteiger partial charge in [-0.15, -0.1) is 0 Å². The van der Waals surface area contributed by atoms with Gasteiger partial charge in [0.05, 0.1) is 0 Å². The van der Waals surface area contributed by atoms with Crippen molar-refractivity contribution in [1.29, 1.82) is 0 Å². The largest absolute Gasteiger partial charge is 1.00 e. The SMILES string of the molecule is CC(C(=O)O)C(=O)OB(O)O.[H-].[Li+]. The number of carboxylic acid groups (broad SMARTS) is 1. The first kappa shape index (κ1) is 14.1. The summed E-state index contributed by atoms with van der Waals surface area (Å²) in [7, 11) is -2.26. The van der Waals surface area contributed by atoms with Gasteiger partial charge in [-0.05, 0) is 6.92 Å². The van der Waals surface area contributed by atoms with Crippen molar-refractivity contribution in [2.24, 2.45) is 5.92 Å². The van der Waals surface area contributed by atoms with Crippen LogP contribution in [0.4, 0.5) is 0 Å². The summed E-state index contributed by atoms with van der Waals surface area (Å²) in [5.74, 6) is -3.96. The number of hydrogen-bond acceptors (Lipinski definition) is 5. The molecule has 1 atom stereocenters. The molecule has 0 aromatic rings. The van der Waals surface area contributed by atoms with Gasteiger partial charge in [0, 0.05) is 0 Å². The van der Waals surface area contributed by atoms with Crippen molar-refractivity contribution in [3.8, 4) is 0 Å². The van der Waals surface area contributed by atoms with Gasteiger partial charge in [-0.1, -0.05) is 0 Å². The molecule has 12 heavy (non-hydrogen) atoms. The van der Waals surface area contributed by atoms with Crippen LogP contribution in [0, 0.1) is 5.92 Å². The Bertz CT molecular complexity index is 176. The smallest absolute Gasteiger partial charge is 1.00 e. The maximum Gasteiger partial charge on any atom is 1.00 e. The molecule has 0 aromatic carbocycles. The number of aliphatic carboxylic acids is 1. The van der Waals surface area contributed by atoms with Crippen molar-refractivity contribution >= 4 is 19.3 Å². The van der Waals surface area contributed by atoms with Crippen LogP contribution in [0.3, 0.4) is 0 Å². The molecule has 0 saturated heterocycles. The first-order valence-electron chi connectivity index (χ1n) is 2.74. The van der Waals surface area contributed by atoms with E-state index in [9.17, 15) is 9.59 Å². The van der Waals surface area contributed by atoms with Crippen molar-refractivity contribution in [1.82, 2.24) is 0 Å². The van der Waals surface area contributed by atoms with Crippen LogP contribution < -0.4 is 18.9 Å². The topological polar surface area (TPSA) is 104 Å². The maximum absolute atomic E-state index is 10.5. The Kier molecular flexibility index (Phi) is 7.13. The van der Waals surface area contributed by atoms with E-state index in [0.29, 0.717) is 0 Å². The summed E-state index contributed by atoms with van der Waals surface area (Å²) in [6.07, 6.45) is 0. The predicted octanol–water partition coefficient (Wildman–Crippen LogP) is -4.66.